The maximum Gasteiger partial charge on any atom is 0.228 e. The highest BCUT2D eigenvalue weighted by Crippen LogP contribution is 2.12. The fourth-order valence-corrected chi connectivity index (χ4v) is 1.83. The van der Waals surface area contributed by atoms with Crippen LogP contribution >= 0.6 is 0 Å². The Kier molecular flexibility index (Phi) is 4.56. The first-order chi connectivity index (χ1) is 9.27. The molecular weight excluding hydrogens is 236 g/mol. The van der Waals surface area contributed by atoms with E-state index in [4.69, 9.17) is 0 Å². The fraction of sp³-hybridized carbons (Fsp3) is 0.188. The van der Waals surface area contributed by atoms with Crippen LogP contribution in [0.15, 0.2) is 60.7 Å². The number of amides is 1. The Labute approximate surface area is 113 Å². The van der Waals surface area contributed by atoms with Crippen LogP contribution in [0.3, 0.4) is 0 Å². The Morgan fingerprint density at radius 2 is 1.58 bits per heavy atom. The van der Waals surface area contributed by atoms with Gasteiger partial charge in [-0.05, 0) is 24.3 Å². The minimum absolute atomic E-state index is 0.106. The zero-order valence-corrected chi connectivity index (χ0v) is 11.0. The molecule has 0 saturated carbocycles. The summed E-state index contributed by atoms with van der Waals surface area (Å²) < 4.78 is 0. The lowest BCUT2D eigenvalue weighted by atomic mass is 10.2. The van der Waals surface area contributed by atoms with Crippen LogP contribution in [0, 0.1) is 0 Å². The van der Waals surface area contributed by atoms with Gasteiger partial charge in [0.15, 0.2) is 0 Å². The van der Waals surface area contributed by atoms with Gasteiger partial charge in [0, 0.05) is 31.4 Å². The van der Waals surface area contributed by atoms with Crippen LogP contribution in [-0.2, 0) is 4.79 Å². The second kappa shape index (κ2) is 6.59. The topological polar surface area (TPSA) is 32.3 Å². The fourth-order valence-electron chi connectivity index (χ4n) is 1.83. The van der Waals surface area contributed by atoms with Crippen molar-refractivity contribution in [3.63, 3.8) is 0 Å². The molecule has 0 aliphatic carbocycles. The van der Waals surface area contributed by atoms with Crippen LogP contribution in [-0.4, -0.2) is 19.5 Å². The minimum atomic E-state index is 0.106. The summed E-state index contributed by atoms with van der Waals surface area (Å²) >= 11 is 0. The summed E-state index contributed by atoms with van der Waals surface area (Å²) in [6.45, 7) is 0.639. The number of hydrogen-bond donors (Lipinski definition) is 1. The van der Waals surface area contributed by atoms with E-state index in [-0.39, 0.29) is 5.91 Å². The zero-order valence-electron chi connectivity index (χ0n) is 11.0. The number of carbonyl (C=O) groups excluding carboxylic acids is 1. The van der Waals surface area contributed by atoms with Crippen molar-refractivity contribution in [2.45, 2.75) is 6.42 Å². The predicted octanol–water partition coefficient (Wildman–Crippen LogP) is 3.15. The third kappa shape index (κ3) is 3.85. The SMILES string of the molecule is CN(C(=O)CCNc1ccccc1)c1ccccc1. The number of nitrogens with one attached hydrogen (secondary N) is 1. The van der Waals surface area contributed by atoms with Gasteiger partial charge in [-0.15, -0.1) is 0 Å². The first-order valence-electron chi connectivity index (χ1n) is 6.38. The van der Waals surface area contributed by atoms with E-state index in [1.165, 1.54) is 0 Å². The third-order valence-electron chi connectivity index (χ3n) is 2.96. The molecule has 0 radical (unpaired) electrons. The van der Waals surface area contributed by atoms with Crippen molar-refractivity contribution in [2.75, 3.05) is 23.8 Å². The quantitative estimate of drug-likeness (QED) is 0.889. The van der Waals surface area contributed by atoms with E-state index >= 15 is 0 Å². The molecule has 1 N–H and O–H groups in total. The number of carbonyl (C=O) groups is 1. The number of para-hydroxylation sites is 2. The van der Waals surface area contributed by atoms with Gasteiger partial charge in [-0.1, -0.05) is 36.4 Å². The summed E-state index contributed by atoms with van der Waals surface area (Å²) in [5.41, 5.74) is 1.96. The molecule has 0 aliphatic heterocycles. The molecule has 2 aromatic carbocycles. The molecule has 0 aromatic heterocycles. The van der Waals surface area contributed by atoms with E-state index < -0.39 is 0 Å². The summed E-state index contributed by atoms with van der Waals surface area (Å²) in [6.07, 6.45) is 0.473. The molecule has 3 nitrogen and oxygen atoms in total. The van der Waals surface area contributed by atoms with Gasteiger partial charge >= 0.3 is 0 Å². The van der Waals surface area contributed by atoms with E-state index in [1.54, 1.807) is 11.9 Å². The van der Waals surface area contributed by atoms with E-state index in [2.05, 4.69) is 5.32 Å². The molecule has 0 unspecified atom stereocenters. The molecule has 0 bridgehead atoms. The molecule has 3 heteroatoms. The minimum Gasteiger partial charge on any atom is -0.385 e. The zero-order chi connectivity index (χ0) is 13.5. The molecule has 0 saturated heterocycles. The lowest BCUT2D eigenvalue weighted by molar-refractivity contribution is -0.118. The monoisotopic (exact) mass is 254 g/mol. The molecule has 2 rings (SSSR count). The van der Waals surface area contributed by atoms with E-state index in [0.29, 0.717) is 13.0 Å². The summed E-state index contributed by atoms with van der Waals surface area (Å²) in [4.78, 5) is 13.7. The first-order valence-corrected chi connectivity index (χ1v) is 6.38. The molecular formula is C16H18N2O. The molecule has 0 atom stereocenters. The number of anilines is 2. The summed E-state index contributed by atoms with van der Waals surface area (Å²) in [6, 6.07) is 19.6. The van der Waals surface area contributed by atoms with Gasteiger partial charge in [-0.3, -0.25) is 4.79 Å². The Hall–Kier alpha value is -2.29. The van der Waals surface area contributed by atoms with Gasteiger partial charge in [0.25, 0.3) is 0 Å². The predicted molar refractivity (Wildman–Crippen MR) is 79.4 cm³/mol. The average Bonchev–Trinajstić information content (AvgIpc) is 2.48. The molecule has 1 amide bonds. The maximum absolute atomic E-state index is 12.0. The van der Waals surface area contributed by atoms with Gasteiger partial charge in [-0.25, -0.2) is 0 Å². The van der Waals surface area contributed by atoms with Gasteiger partial charge in [0.1, 0.15) is 0 Å². The number of rotatable bonds is 5. The standard InChI is InChI=1S/C16H18N2O/c1-18(15-10-6-3-7-11-15)16(19)12-13-17-14-8-4-2-5-9-14/h2-11,17H,12-13H2,1H3. The van der Waals surface area contributed by atoms with E-state index in [9.17, 15) is 4.79 Å². The van der Waals surface area contributed by atoms with Crippen LogP contribution < -0.4 is 10.2 Å². The summed E-state index contributed by atoms with van der Waals surface area (Å²) in [7, 11) is 1.81. The largest absolute Gasteiger partial charge is 0.385 e. The lowest BCUT2D eigenvalue weighted by Gasteiger charge is -2.17. The van der Waals surface area contributed by atoms with Crippen molar-refractivity contribution in [1.82, 2.24) is 0 Å². The van der Waals surface area contributed by atoms with Gasteiger partial charge in [0.2, 0.25) is 5.91 Å². The molecule has 19 heavy (non-hydrogen) atoms. The highest BCUT2D eigenvalue weighted by molar-refractivity contribution is 5.92. The molecule has 0 heterocycles. The van der Waals surface area contributed by atoms with E-state index in [0.717, 1.165) is 11.4 Å². The summed E-state index contributed by atoms with van der Waals surface area (Å²) in [5.74, 6) is 0.106. The molecule has 2 aromatic rings. The van der Waals surface area contributed by atoms with Crippen LogP contribution in [0.5, 0.6) is 0 Å². The van der Waals surface area contributed by atoms with Crippen LogP contribution in [0.4, 0.5) is 11.4 Å². The lowest BCUT2D eigenvalue weighted by Crippen LogP contribution is -2.27. The normalized spacial score (nSPS) is 9.95. The van der Waals surface area contributed by atoms with Crippen molar-refractivity contribution in [3.05, 3.63) is 60.7 Å². The van der Waals surface area contributed by atoms with Crippen molar-refractivity contribution in [1.29, 1.82) is 0 Å². The van der Waals surface area contributed by atoms with Crippen molar-refractivity contribution >= 4 is 17.3 Å². The van der Waals surface area contributed by atoms with Gasteiger partial charge in [0.05, 0.1) is 0 Å². The van der Waals surface area contributed by atoms with Gasteiger partial charge < -0.3 is 10.2 Å². The van der Waals surface area contributed by atoms with Crippen LogP contribution in [0.2, 0.25) is 0 Å². The number of benzene rings is 2. The van der Waals surface area contributed by atoms with Crippen molar-refractivity contribution in [3.8, 4) is 0 Å². The average molecular weight is 254 g/mol. The van der Waals surface area contributed by atoms with Crippen molar-refractivity contribution < 1.29 is 4.79 Å². The molecule has 0 aliphatic rings. The van der Waals surface area contributed by atoms with Crippen molar-refractivity contribution in [2.24, 2.45) is 0 Å². The van der Waals surface area contributed by atoms with Crippen LogP contribution in [0.1, 0.15) is 6.42 Å². The molecule has 0 spiro atoms. The Morgan fingerprint density at radius 3 is 2.21 bits per heavy atom. The van der Waals surface area contributed by atoms with Crippen LogP contribution in [0.25, 0.3) is 0 Å². The first kappa shape index (κ1) is 13.1. The summed E-state index contributed by atoms with van der Waals surface area (Å²) in [5, 5.41) is 3.23. The second-order valence-corrected chi connectivity index (χ2v) is 4.33. The molecule has 98 valence electrons. The van der Waals surface area contributed by atoms with Gasteiger partial charge in [-0.2, -0.15) is 0 Å². The Morgan fingerprint density at radius 1 is 1.00 bits per heavy atom. The second-order valence-electron chi connectivity index (χ2n) is 4.33. The smallest absolute Gasteiger partial charge is 0.228 e. The number of nitrogens with zero attached hydrogens (tertiary/aromatic N) is 1. The Bertz CT molecular complexity index is 511. The number of hydrogen-bond acceptors (Lipinski definition) is 2. The highest BCUT2D eigenvalue weighted by atomic mass is 16.2. The van der Waals surface area contributed by atoms with E-state index in [1.807, 2.05) is 60.7 Å². The Balaban J connectivity index is 1.82. The highest BCUT2D eigenvalue weighted by Gasteiger charge is 2.09. The third-order valence-corrected chi connectivity index (χ3v) is 2.96. The maximum atomic E-state index is 12.0. The molecule has 0 fully saturated rings.